The van der Waals surface area contributed by atoms with Crippen LogP contribution in [-0.2, 0) is 18.5 Å². The van der Waals surface area contributed by atoms with Gasteiger partial charge in [-0.05, 0) is 23.8 Å². The minimum atomic E-state index is -4.70. The first-order valence-electron chi connectivity index (χ1n) is 4.61. The molecule has 92 valence electrons. The van der Waals surface area contributed by atoms with Gasteiger partial charge in [-0.15, -0.1) is 0 Å². The van der Waals surface area contributed by atoms with Crippen molar-refractivity contribution in [2.75, 3.05) is 0 Å². The Balaban J connectivity index is 3.35. The van der Waals surface area contributed by atoms with Gasteiger partial charge in [-0.25, -0.2) is 8.78 Å². The smallest absolute Gasteiger partial charge is 0.202 e. The molecule has 6 heteroatoms. The van der Waals surface area contributed by atoms with Crippen molar-refractivity contribution in [1.29, 1.82) is 5.26 Å². The zero-order valence-corrected chi connectivity index (χ0v) is 8.78. The van der Waals surface area contributed by atoms with Crippen molar-refractivity contribution in [2.45, 2.75) is 25.4 Å². The van der Waals surface area contributed by atoms with Crippen molar-refractivity contribution >= 4 is 0 Å². The number of rotatable bonds is 2. The molecular formula is C11H8F5N. The molecule has 0 aliphatic carbocycles. The summed E-state index contributed by atoms with van der Waals surface area (Å²) in [7, 11) is 0. The summed E-state index contributed by atoms with van der Waals surface area (Å²) >= 11 is 0. The van der Waals surface area contributed by atoms with Gasteiger partial charge in [0.2, 0.25) is 0 Å². The molecule has 0 bridgehead atoms. The van der Waals surface area contributed by atoms with Crippen molar-refractivity contribution < 1.29 is 22.0 Å². The van der Waals surface area contributed by atoms with Gasteiger partial charge in [0.05, 0.1) is 18.1 Å². The lowest BCUT2D eigenvalue weighted by Crippen LogP contribution is -2.12. The average molecular weight is 249 g/mol. The minimum absolute atomic E-state index is 0.0705. The van der Waals surface area contributed by atoms with Gasteiger partial charge in [-0.2, -0.15) is 18.4 Å². The Bertz CT molecular complexity index is 418. The fourth-order valence-electron chi connectivity index (χ4n) is 1.30. The van der Waals surface area contributed by atoms with E-state index in [1.54, 1.807) is 6.07 Å². The molecule has 1 aromatic carbocycles. The Morgan fingerprint density at radius 3 is 2.00 bits per heavy atom. The highest BCUT2D eigenvalue weighted by Gasteiger charge is 2.34. The molecule has 0 saturated carbocycles. The van der Waals surface area contributed by atoms with Crippen LogP contribution < -0.4 is 0 Å². The summed E-state index contributed by atoms with van der Waals surface area (Å²) in [5, 5.41) is 8.39. The topological polar surface area (TPSA) is 23.8 Å². The number of hydrogen-bond donors (Lipinski definition) is 0. The first-order chi connectivity index (χ1) is 7.64. The Hall–Kier alpha value is -1.64. The largest absolute Gasteiger partial charge is 0.416 e. The summed E-state index contributed by atoms with van der Waals surface area (Å²) in [5.41, 5.74) is -1.97. The summed E-state index contributed by atoms with van der Waals surface area (Å²) in [6, 6.07) is 3.65. The van der Waals surface area contributed by atoms with Crippen LogP contribution in [0.4, 0.5) is 22.0 Å². The van der Waals surface area contributed by atoms with Crippen molar-refractivity contribution in [2.24, 2.45) is 0 Å². The quantitative estimate of drug-likeness (QED) is 0.729. The highest BCUT2D eigenvalue weighted by Crippen LogP contribution is 2.35. The molecular weight excluding hydrogens is 241 g/mol. The minimum Gasteiger partial charge on any atom is -0.202 e. The molecule has 0 saturated heterocycles. The van der Waals surface area contributed by atoms with Crippen LogP contribution >= 0.6 is 0 Å². The van der Waals surface area contributed by atoms with E-state index in [4.69, 9.17) is 5.26 Å². The SMILES string of the molecule is CC(F)(F)c1cc(CC#N)cc(C(F)(F)F)c1. The van der Waals surface area contributed by atoms with Gasteiger partial charge >= 0.3 is 6.18 Å². The van der Waals surface area contributed by atoms with E-state index in [9.17, 15) is 22.0 Å². The van der Waals surface area contributed by atoms with Crippen LogP contribution in [0.3, 0.4) is 0 Å². The Morgan fingerprint density at radius 1 is 1.06 bits per heavy atom. The maximum Gasteiger partial charge on any atom is 0.416 e. The molecule has 0 fully saturated rings. The Morgan fingerprint density at radius 2 is 1.59 bits per heavy atom. The predicted molar refractivity (Wildman–Crippen MR) is 50.3 cm³/mol. The summed E-state index contributed by atoms with van der Waals surface area (Å²) in [4.78, 5) is 0. The maximum absolute atomic E-state index is 13.0. The summed E-state index contributed by atoms with van der Waals surface area (Å²) in [5.74, 6) is -3.37. The first-order valence-corrected chi connectivity index (χ1v) is 4.61. The third-order valence-electron chi connectivity index (χ3n) is 2.11. The van der Waals surface area contributed by atoms with E-state index in [1.165, 1.54) is 0 Å². The standard InChI is InChI=1S/C11H8F5N/c1-10(12,13)8-4-7(2-3-17)5-9(6-8)11(14,15)16/h4-6H,2H2,1H3. The molecule has 0 aromatic heterocycles. The summed E-state index contributed by atoms with van der Waals surface area (Å²) < 4.78 is 63.3. The number of nitriles is 1. The van der Waals surface area contributed by atoms with E-state index < -0.39 is 23.2 Å². The van der Waals surface area contributed by atoms with Crippen LogP contribution in [-0.4, -0.2) is 0 Å². The molecule has 0 aliphatic heterocycles. The lowest BCUT2D eigenvalue weighted by Gasteiger charge is -2.15. The molecule has 0 aliphatic rings. The van der Waals surface area contributed by atoms with Crippen molar-refractivity contribution in [1.82, 2.24) is 0 Å². The van der Waals surface area contributed by atoms with E-state index in [2.05, 4.69) is 0 Å². The van der Waals surface area contributed by atoms with E-state index in [1.807, 2.05) is 0 Å². The number of hydrogen-bond acceptors (Lipinski definition) is 1. The zero-order valence-electron chi connectivity index (χ0n) is 8.78. The zero-order chi connectivity index (χ0) is 13.3. The monoisotopic (exact) mass is 249 g/mol. The lowest BCUT2D eigenvalue weighted by molar-refractivity contribution is -0.137. The normalized spacial score (nSPS) is 12.3. The number of benzene rings is 1. The van der Waals surface area contributed by atoms with Crippen LogP contribution in [0.25, 0.3) is 0 Å². The lowest BCUT2D eigenvalue weighted by atomic mass is 10.0. The van der Waals surface area contributed by atoms with Gasteiger partial charge in [0.25, 0.3) is 5.92 Å². The number of nitrogens with zero attached hydrogens (tertiary/aromatic N) is 1. The number of alkyl halides is 5. The molecule has 1 nitrogen and oxygen atoms in total. The van der Waals surface area contributed by atoms with Crippen LogP contribution in [0.1, 0.15) is 23.6 Å². The fraction of sp³-hybridized carbons (Fsp3) is 0.364. The predicted octanol–water partition coefficient (Wildman–Crippen LogP) is 3.88. The fourth-order valence-corrected chi connectivity index (χ4v) is 1.30. The van der Waals surface area contributed by atoms with Crippen molar-refractivity contribution in [3.8, 4) is 6.07 Å². The van der Waals surface area contributed by atoms with Crippen LogP contribution in [0.5, 0.6) is 0 Å². The molecule has 17 heavy (non-hydrogen) atoms. The number of halogens is 5. The van der Waals surface area contributed by atoms with E-state index in [0.717, 1.165) is 6.07 Å². The van der Waals surface area contributed by atoms with Crippen LogP contribution in [0.2, 0.25) is 0 Å². The third kappa shape index (κ3) is 3.41. The molecule has 0 N–H and O–H groups in total. The van der Waals surface area contributed by atoms with Gasteiger partial charge < -0.3 is 0 Å². The second-order valence-corrected chi connectivity index (χ2v) is 3.64. The van der Waals surface area contributed by atoms with E-state index >= 15 is 0 Å². The average Bonchev–Trinajstić information content (AvgIpc) is 2.15. The molecule has 0 heterocycles. The molecule has 0 radical (unpaired) electrons. The highest BCUT2D eigenvalue weighted by atomic mass is 19.4. The second-order valence-electron chi connectivity index (χ2n) is 3.64. The van der Waals surface area contributed by atoms with E-state index in [0.29, 0.717) is 19.1 Å². The molecule has 0 amide bonds. The second kappa shape index (κ2) is 4.32. The van der Waals surface area contributed by atoms with Gasteiger partial charge in [0.1, 0.15) is 0 Å². The highest BCUT2D eigenvalue weighted by molar-refractivity contribution is 5.35. The molecule has 0 unspecified atom stereocenters. The van der Waals surface area contributed by atoms with Gasteiger partial charge in [0, 0.05) is 12.5 Å². The van der Waals surface area contributed by atoms with Crippen LogP contribution in [0.15, 0.2) is 18.2 Å². The maximum atomic E-state index is 13.0. The molecule has 1 aromatic rings. The van der Waals surface area contributed by atoms with Crippen molar-refractivity contribution in [3.63, 3.8) is 0 Å². The summed E-state index contributed by atoms with van der Waals surface area (Å²) in [6.45, 7) is 0.513. The Labute approximate surface area is 94.5 Å². The summed E-state index contributed by atoms with van der Waals surface area (Å²) in [6.07, 6.45) is -5.04. The van der Waals surface area contributed by atoms with Gasteiger partial charge in [-0.1, -0.05) is 0 Å². The molecule has 1 rings (SSSR count). The first kappa shape index (κ1) is 13.4. The van der Waals surface area contributed by atoms with Crippen LogP contribution in [0, 0.1) is 11.3 Å². The third-order valence-corrected chi connectivity index (χ3v) is 2.11. The molecule has 0 atom stereocenters. The Kier molecular flexibility index (Phi) is 3.41. The van der Waals surface area contributed by atoms with Gasteiger partial charge in [0.15, 0.2) is 0 Å². The van der Waals surface area contributed by atoms with Gasteiger partial charge in [-0.3, -0.25) is 0 Å². The van der Waals surface area contributed by atoms with E-state index in [-0.39, 0.29) is 12.0 Å². The molecule has 0 spiro atoms. The van der Waals surface area contributed by atoms with Crippen molar-refractivity contribution in [3.05, 3.63) is 34.9 Å².